The molecule has 0 amide bonds. The van der Waals surface area contributed by atoms with E-state index in [2.05, 4.69) is 26.2 Å². The molecule has 156 valence electrons. The molecule has 0 spiro atoms. The van der Waals surface area contributed by atoms with Gasteiger partial charge >= 0.3 is 0 Å². The Morgan fingerprint density at radius 3 is 2.81 bits per heavy atom. The normalized spacial score (nSPS) is 12.5. The van der Waals surface area contributed by atoms with Crippen molar-refractivity contribution >= 4 is 21.8 Å². The molecule has 5 rings (SSSR count). The van der Waals surface area contributed by atoms with Gasteiger partial charge in [-0.25, -0.2) is 0 Å². The molecule has 0 aliphatic heterocycles. The minimum atomic E-state index is -0.199. The minimum absolute atomic E-state index is 0.199. The van der Waals surface area contributed by atoms with Gasteiger partial charge in [-0.15, -0.1) is 0 Å². The van der Waals surface area contributed by atoms with Crippen molar-refractivity contribution in [2.45, 2.75) is 19.4 Å². The number of nitrogens with one attached hydrogen (secondary N) is 2. The monoisotopic (exact) mass is 413 g/mol. The Morgan fingerprint density at radius 2 is 1.90 bits per heavy atom. The molecule has 0 saturated heterocycles. The van der Waals surface area contributed by atoms with Crippen LogP contribution < -0.4 is 10.5 Å². The summed E-state index contributed by atoms with van der Waals surface area (Å²) >= 11 is 0. The maximum Gasteiger partial charge on any atom is 0.138 e. The number of phenolic OH excluding ortho intramolecular Hbond substituents is 1. The molecular formula is C24H23N5O2. The van der Waals surface area contributed by atoms with Crippen molar-refractivity contribution in [2.24, 2.45) is 5.73 Å². The Balaban J connectivity index is 1.29. The van der Waals surface area contributed by atoms with Gasteiger partial charge in [-0.2, -0.15) is 5.10 Å². The first-order valence-electron chi connectivity index (χ1n) is 10.1. The number of H-pyrrole nitrogens is 2. The molecule has 5 N–H and O–H groups in total. The maximum atomic E-state index is 9.76. The first-order chi connectivity index (χ1) is 15.1. The summed E-state index contributed by atoms with van der Waals surface area (Å²) in [6, 6.07) is 13.2. The second kappa shape index (κ2) is 7.77. The van der Waals surface area contributed by atoms with Gasteiger partial charge in [0.15, 0.2) is 0 Å². The molecule has 5 aromatic rings. The molecule has 0 unspecified atom stereocenters. The zero-order chi connectivity index (χ0) is 21.4. The second-order valence-corrected chi connectivity index (χ2v) is 7.80. The minimum Gasteiger partial charge on any atom is -0.508 e. The van der Waals surface area contributed by atoms with Gasteiger partial charge in [0, 0.05) is 40.3 Å². The smallest absolute Gasteiger partial charge is 0.138 e. The third-order valence-electron chi connectivity index (χ3n) is 5.50. The fraction of sp³-hybridized carbons (Fsp3) is 0.167. The lowest BCUT2D eigenvalue weighted by Crippen LogP contribution is -2.30. The van der Waals surface area contributed by atoms with E-state index in [0.717, 1.165) is 44.2 Å². The van der Waals surface area contributed by atoms with Crippen LogP contribution in [0.2, 0.25) is 0 Å². The molecule has 0 fully saturated rings. The van der Waals surface area contributed by atoms with E-state index in [4.69, 9.17) is 10.5 Å². The summed E-state index contributed by atoms with van der Waals surface area (Å²) in [6.07, 6.45) is 6.08. The van der Waals surface area contributed by atoms with Crippen LogP contribution >= 0.6 is 0 Å². The van der Waals surface area contributed by atoms with Gasteiger partial charge in [0.05, 0.1) is 17.4 Å². The van der Waals surface area contributed by atoms with Crippen molar-refractivity contribution in [3.63, 3.8) is 0 Å². The molecule has 0 saturated carbocycles. The number of rotatable bonds is 6. The van der Waals surface area contributed by atoms with Crippen LogP contribution in [0.5, 0.6) is 11.5 Å². The largest absolute Gasteiger partial charge is 0.508 e. The van der Waals surface area contributed by atoms with Gasteiger partial charge < -0.3 is 20.6 Å². The number of hydrogen-bond acceptors (Lipinski definition) is 5. The van der Waals surface area contributed by atoms with E-state index in [0.29, 0.717) is 18.8 Å². The third kappa shape index (κ3) is 3.83. The number of nitrogens with two attached hydrogens (primary N) is 1. The molecule has 0 radical (unpaired) electrons. The van der Waals surface area contributed by atoms with Gasteiger partial charge in [0.25, 0.3) is 0 Å². The lowest BCUT2D eigenvalue weighted by Gasteiger charge is -2.13. The first kappa shape index (κ1) is 19.1. The Kier molecular flexibility index (Phi) is 4.80. The van der Waals surface area contributed by atoms with Crippen molar-refractivity contribution in [3.8, 4) is 22.6 Å². The van der Waals surface area contributed by atoms with E-state index in [1.807, 2.05) is 43.6 Å². The zero-order valence-electron chi connectivity index (χ0n) is 17.1. The molecule has 7 heteroatoms. The summed E-state index contributed by atoms with van der Waals surface area (Å²) < 4.78 is 5.95. The van der Waals surface area contributed by atoms with E-state index in [9.17, 15) is 5.11 Å². The van der Waals surface area contributed by atoms with Gasteiger partial charge in [0.1, 0.15) is 18.1 Å². The van der Waals surface area contributed by atoms with Gasteiger partial charge in [-0.1, -0.05) is 6.07 Å². The van der Waals surface area contributed by atoms with E-state index < -0.39 is 0 Å². The van der Waals surface area contributed by atoms with Crippen LogP contribution in [-0.4, -0.2) is 37.9 Å². The second-order valence-electron chi connectivity index (χ2n) is 7.80. The number of pyridine rings is 1. The Hall–Kier alpha value is -3.84. The average Bonchev–Trinajstić information content (AvgIpc) is 3.35. The molecule has 3 heterocycles. The summed E-state index contributed by atoms with van der Waals surface area (Å²) in [5.41, 5.74) is 12.4. The number of aromatic nitrogens is 4. The molecule has 3 aromatic heterocycles. The number of aromatic amines is 2. The van der Waals surface area contributed by atoms with Crippen LogP contribution in [0, 0.1) is 6.92 Å². The van der Waals surface area contributed by atoms with Crippen LogP contribution in [-0.2, 0) is 6.42 Å². The number of aryl methyl sites for hydroxylation is 1. The van der Waals surface area contributed by atoms with Crippen molar-refractivity contribution in [1.29, 1.82) is 0 Å². The molecule has 1 atom stereocenters. The fourth-order valence-electron chi connectivity index (χ4n) is 3.86. The molecule has 31 heavy (non-hydrogen) atoms. The summed E-state index contributed by atoms with van der Waals surface area (Å²) in [5, 5.41) is 19.1. The third-order valence-corrected chi connectivity index (χ3v) is 5.50. The van der Waals surface area contributed by atoms with Crippen molar-refractivity contribution in [1.82, 2.24) is 20.2 Å². The number of benzene rings is 2. The highest BCUT2D eigenvalue weighted by atomic mass is 16.5. The number of nitrogens with zero attached hydrogens (tertiary/aromatic N) is 2. The van der Waals surface area contributed by atoms with Crippen LogP contribution in [0.4, 0.5) is 0 Å². The molecule has 0 bridgehead atoms. The highest BCUT2D eigenvalue weighted by molar-refractivity contribution is 5.86. The predicted octanol–water partition coefficient (Wildman–Crippen LogP) is 4.07. The van der Waals surface area contributed by atoms with E-state index >= 15 is 0 Å². The fourth-order valence-corrected chi connectivity index (χ4v) is 3.86. The van der Waals surface area contributed by atoms with E-state index in [-0.39, 0.29) is 11.8 Å². The highest BCUT2D eigenvalue weighted by Crippen LogP contribution is 2.27. The average molecular weight is 413 g/mol. The molecule has 0 aliphatic rings. The van der Waals surface area contributed by atoms with Crippen LogP contribution in [0.15, 0.2) is 61.1 Å². The highest BCUT2D eigenvalue weighted by Gasteiger charge is 2.11. The zero-order valence-corrected chi connectivity index (χ0v) is 17.1. The van der Waals surface area contributed by atoms with Gasteiger partial charge in [-0.3, -0.25) is 10.1 Å². The summed E-state index contributed by atoms with van der Waals surface area (Å²) in [5.74, 6) is 0.915. The first-order valence-corrected chi connectivity index (χ1v) is 10.1. The summed E-state index contributed by atoms with van der Waals surface area (Å²) in [6.45, 7) is 2.34. The van der Waals surface area contributed by atoms with Crippen molar-refractivity contribution < 1.29 is 9.84 Å². The number of ether oxygens (including phenoxy) is 1. The van der Waals surface area contributed by atoms with Gasteiger partial charge in [0.2, 0.25) is 0 Å². The lowest BCUT2D eigenvalue weighted by atomic mass is 10.0. The summed E-state index contributed by atoms with van der Waals surface area (Å²) in [4.78, 5) is 7.54. The number of aromatic hydroxyl groups is 1. The van der Waals surface area contributed by atoms with Crippen LogP contribution in [0.3, 0.4) is 0 Å². The van der Waals surface area contributed by atoms with E-state index in [1.165, 1.54) is 0 Å². The van der Waals surface area contributed by atoms with Crippen LogP contribution in [0.25, 0.3) is 32.9 Å². The van der Waals surface area contributed by atoms with Crippen molar-refractivity contribution in [3.05, 3.63) is 72.3 Å². The van der Waals surface area contributed by atoms with Crippen LogP contribution in [0.1, 0.15) is 11.3 Å². The number of fused-ring (bicyclic) bond motifs is 2. The van der Waals surface area contributed by atoms with Gasteiger partial charge in [-0.05, 0) is 60.9 Å². The Morgan fingerprint density at radius 1 is 1.03 bits per heavy atom. The Bertz CT molecular complexity index is 1370. The standard InChI is InChI=1S/C24H23N5O2/c1-14-21-8-15(2-4-24(21)29-28-14)16-7-20(12-26-10-16)31-13-18(25)6-17-11-27-23-5-3-19(30)9-22(17)23/h2-5,7-12,18,27,30H,6,13,25H2,1H3,(H,28,29)/t18-/m0/s1. The number of phenols is 1. The van der Waals surface area contributed by atoms with E-state index in [1.54, 1.807) is 18.3 Å². The quantitative estimate of drug-likeness (QED) is 0.335. The molecule has 2 aromatic carbocycles. The maximum absolute atomic E-state index is 9.76. The summed E-state index contributed by atoms with van der Waals surface area (Å²) in [7, 11) is 0. The topological polar surface area (TPSA) is 113 Å². The Labute approximate surface area is 178 Å². The molecular weight excluding hydrogens is 390 g/mol. The van der Waals surface area contributed by atoms with Crippen molar-refractivity contribution in [2.75, 3.05) is 6.61 Å². The lowest BCUT2D eigenvalue weighted by molar-refractivity contribution is 0.287. The molecule has 7 nitrogen and oxygen atoms in total. The predicted molar refractivity (Wildman–Crippen MR) is 121 cm³/mol. The molecule has 0 aliphatic carbocycles. The number of hydrogen-bond donors (Lipinski definition) is 4. The SMILES string of the molecule is Cc1n[nH]c2ccc(-c3cncc(OC[C@@H](N)Cc4c[nH]c5ccc(O)cc45)c3)cc12.